The van der Waals surface area contributed by atoms with Gasteiger partial charge in [0.1, 0.15) is 11.6 Å². The van der Waals surface area contributed by atoms with Gasteiger partial charge in [0.2, 0.25) is 0 Å². The average molecular weight is 744 g/mol. The third-order valence-electron chi connectivity index (χ3n) is 13.5. The zero-order chi connectivity index (χ0) is 35.6. The number of nitrogens with one attached hydrogen (secondary N) is 1. The molecule has 0 radical (unpaired) electrons. The van der Waals surface area contributed by atoms with Crippen molar-refractivity contribution in [3.63, 3.8) is 0 Å². The second-order valence-electron chi connectivity index (χ2n) is 16.7. The quantitative estimate of drug-likeness (QED) is 0.221. The maximum Gasteiger partial charge on any atom is 0.275 e. The Morgan fingerprint density at radius 3 is 1.82 bits per heavy atom. The van der Waals surface area contributed by atoms with Crippen LogP contribution in [0.3, 0.4) is 0 Å². The first-order valence-corrected chi connectivity index (χ1v) is 18.2. The molecular weight excluding hydrogens is 689 g/mol. The predicted octanol–water partition coefficient (Wildman–Crippen LogP) is 11.1. The topological polar surface area (TPSA) is 64.7 Å². The zero-order valence-electron chi connectivity index (χ0n) is 29.6. The van der Waals surface area contributed by atoms with Gasteiger partial charge in [0, 0.05) is 34.2 Å². The maximum absolute atomic E-state index is 13.6. The van der Waals surface area contributed by atoms with Gasteiger partial charge in [-0.1, -0.05) is 93.4 Å². The minimum atomic E-state index is -0.408. The lowest BCUT2D eigenvalue weighted by Gasteiger charge is -2.36. The fourth-order valence-electron chi connectivity index (χ4n) is 9.85. The first-order chi connectivity index (χ1) is 22.9. The first kappa shape index (κ1) is 39.1. The molecule has 2 aromatic heterocycles. The van der Waals surface area contributed by atoms with Crippen molar-refractivity contribution in [2.75, 3.05) is 0 Å². The lowest BCUT2D eigenvalue weighted by molar-refractivity contribution is 0.214. The van der Waals surface area contributed by atoms with E-state index >= 15 is 0 Å². The number of fused-ring (bicyclic) bond motifs is 10. The number of benzene rings is 2. The molecule has 4 bridgehead atoms. The number of aromatic nitrogens is 4. The summed E-state index contributed by atoms with van der Waals surface area (Å²) in [5.41, 5.74) is 5.19. The molecular formula is C41H54Cl2F2N4O2. The standard InChI is InChI=1S/C22H28ClFN2O.C17H18ClFN2O.2CH4/c1-13(2)9-11-25-19-18(15-8-10-22(19,5)21(15,3)4)20(27)26(25)17-7-6-14(24)12-16(17)23;1-16(2)10-6-7-17(16,3)14-13(10)15(22)21(20-14)12-5-4-9(19)8-11(12)18;;/h6-7,12-13,15H,8-11H2,1-5H3;4-5,8,10,20H,6-7H2,1-3H3;2*1H4/t15-,22+;10-,17+;;/m11../s1. The molecule has 6 nitrogen and oxygen atoms in total. The van der Waals surface area contributed by atoms with Crippen LogP contribution in [0.15, 0.2) is 46.0 Å². The molecule has 4 aliphatic rings. The smallest absolute Gasteiger partial charge is 0.275 e. The van der Waals surface area contributed by atoms with Crippen LogP contribution in [0.4, 0.5) is 8.78 Å². The van der Waals surface area contributed by atoms with Crippen LogP contribution in [-0.2, 0) is 17.4 Å². The number of H-pyrrole nitrogens is 1. The van der Waals surface area contributed by atoms with E-state index in [0.29, 0.717) is 17.3 Å². The second-order valence-corrected chi connectivity index (χ2v) is 17.5. The van der Waals surface area contributed by atoms with Gasteiger partial charge in [0.05, 0.1) is 27.1 Å². The van der Waals surface area contributed by atoms with E-state index in [-0.39, 0.29) is 69.5 Å². The summed E-state index contributed by atoms with van der Waals surface area (Å²) in [5, 5.41) is 3.77. The van der Waals surface area contributed by atoms with Crippen LogP contribution in [0.1, 0.15) is 137 Å². The number of aromatic amines is 1. The summed E-state index contributed by atoms with van der Waals surface area (Å²) >= 11 is 12.5. The Morgan fingerprint density at radius 1 is 0.784 bits per heavy atom. The molecule has 2 aromatic carbocycles. The first-order valence-electron chi connectivity index (χ1n) is 17.5. The summed E-state index contributed by atoms with van der Waals surface area (Å²) in [6.45, 7) is 18.8. The molecule has 0 saturated heterocycles. The fraction of sp³-hybridized carbons (Fsp3) is 0.561. The molecule has 10 heteroatoms. The van der Waals surface area contributed by atoms with Crippen molar-refractivity contribution in [3.8, 4) is 11.4 Å². The number of halogens is 4. The third kappa shape index (κ3) is 5.27. The van der Waals surface area contributed by atoms with E-state index in [9.17, 15) is 18.4 Å². The van der Waals surface area contributed by atoms with Gasteiger partial charge in [-0.15, -0.1) is 0 Å². The molecule has 0 spiro atoms. The highest BCUT2D eigenvalue weighted by molar-refractivity contribution is 6.32. The number of hydrogen-bond donors (Lipinski definition) is 1. The lowest BCUT2D eigenvalue weighted by atomic mass is 9.70. The highest BCUT2D eigenvalue weighted by Crippen LogP contribution is 2.68. The van der Waals surface area contributed by atoms with E-state index < -0.39 is 11.6 Å². The van der Waals surface area contributed by atoms with Crippen LogP contribution in [0.25, 0.3) is 11.4 Å². The van der Waals surface area contributed by atoms with Crippen LogP contribution < -0.4 is 11.1 Å². The molecule has 0 amide bonds. The molecule has 4 aliphatic carbocycles. The van der Waals surface area contributed by atoms with Gasteiger partial charge in [0.15, 0.2) is 0 Å². The van der Waals surface area contributed by atoms with Crippen molar-refractivity contribution < 1.29 is 8.78 Å². The molecule has 4 aromatic rings. The van der Waals surface area contributed by atoms with Gasteiger partial charge in [0.25, 0.3) is 11.1 Å². The number of hydrogen-bond acceptors (Lipinski definition) is 2. The van der Waals surface area contributed by atoms with E-state index in [1.165, 1.54) is 34.6 Å². The summed E-state index contributed by atoms with van der Waals surface area (Å²) in [4.78, 5) is 26.5. The number of nitrogens with zero attached hydrogens (tertiary/aromatic N) is 3. The van der Waals surface area contributed by atoms with Gasteiger partial charge in [-0.05, 0) is 97.1 Å². The maximum atomic E-state index is 13.6. The second kappa shape index (κ2) is 12.8. The van der Waals surface area contributed by atoms with Crippen LogP contribution in [0.5, 0.6) is 0 Å². The van der Waals surface area contributed by atoms with Gasteiger partial charge in [-0.3, -0.25) is 19.4 Å². The minimum Gasteiger partial charge on any atom is -0.294 e. The summed E-state index contributed by atoms with van der Waals surface area (Å²) in [6.07, 6.45) is 5.24. The SMILES string of the molecule is C.C.CC(C)CCn1c2c(c(=O)n1-c1ccc(F)cc1Cl)[C@H]1CC[C@]2(C)C1(C)C.CC1(C)[C@@H]2CC[C@@]1(C)c1[nH]n(-c3ccc(F)cc3Cl)c(=O)c12. The van der Waals surface area contributed by atoms with Crippen LogP contribution in [0, 0.1) is 28.4 Å². The minimum absolute atomic E-state index is 0. The monoisotopic (exact) mass is 742 g/mol. The van der Waals surface area contributed by atoms with E-state index in [4.69, 9.17) is 23.2 Å². The average Bonchev–Trinajstić information content (AvgIpc) is 3.73. The Hall–Kier alpha value is -3.10. The molecule has 8 rings (SSSR count). The fourth-order valence-corrected chi connectivity index (χ4v) is 10.4. The summed E-state index contributed by atoms with van der Waals surface area (Å²) < 4.78 is 32.2. The summed E-state index contributed by atoms with van der Waals surface area (Å²) in [6, 6.07) is 8.37. The predicted molar refractivity (Wildman–Crippen MR) is 205 cm³/mol. The Bertz CT molecular complexity index is 2120. The summed E-state index contributed by atoms with van der Waals surface area (Å²) in [5.74, 6) is 0.272. The molecule has 4 atom stereocenters. The van der Waals surface area contributed by atoms with E-state index in [0.717, 1.165) is 55.5 Å². The Balaban J connectivity index is 0.000000194. The summed E-state index contributed by atoms with van der Waals surface area (Å²) in [7, 11) is 0. The lowest BCUT2D eigenvalue weighted by Crippen LogP contribution is -2.36. The number of rotatable bonds is 5. The van der Waals surface area contributed by atoms with E-state index in [2.05, 4.69) is 65.2 Å². The molecule has 278 valence electrons. The van der Waals surface area contributed by atoms with Crippen LogP contribution >= 0.6 is 23.2 Å². The Labute approximate surface area is 311 Å². The van der Waals surface area contributed by atoms with Gasteiger partial charge in [-0.2, -0.15) is 0 Å². The van der Waals surface area contributed by atoms with Crippen LogP contribution in [0.2, 0.25) is 10.0 Å². The highest BCUT2D eigenvalue weighted by atomic mass is 35.5. The van der Waals surface area contributed by atoms with E-state index in [1.807, 2.05) is 0 Å². The van der Waals surface area contributed by atoms with E-state index in [1.54, 1.807) is 16.8 Å². The van der Waals surface area contributed by atoms with Crippen molar-refractivity contribution >= 4 is 23.2 Å². The van der Waals surface area contributed by atoms with Gasteiger partial charge >= 0.3 is 0 Å². The van der Waals surface area contributed by atoms with Crippen molar-refractivity contribution in [1.82, 2.24) is 19.1 Å². The molecule has 51 heavy (non-hydrogen) atoms. The highest BCUT2D eigenvalue weighted by Gasteiger charge is 2.63. The Kier molecular flexibility index (Phi) is 9.81. The van der Waals surface area contributed by atoms with Crippen molar-refractivity contribution in [1.29, 1.82) is 0 Å². The van der Waals surface area contributed by atoms with Crippen molar-refractivity contribution in [2.24, 2.45) is 16.7 Å². The molecule has 2 saturated carbocycles. The van der Waals surface area contributed by atoms with Gasteiger partial charge in [-0.25, -0.2) is 18.1 Å². The van der Waals surface area contributed by atoms with Crippen molar-refractivity contribution in [2.45, 2.75) is 132 Å². The van der Waals surface area contributed by atoms with Gasteiger partial charge < -0.3 is 0 Å². The molecule has 2 heterocycles. The molecule has 0 aliphatic heterocycles. The normalized spacial score (nSPS) is 25.6. The largest absolute Gasteiger partial charge is 0.294 e. The molecule has 2 fully saturated rings. The molecule has 0 unspecified atom stereocenters. The molecule has 1 N–H and O–H groups in total. The third-order valence-corrected chi connectivity index (χ3v) is 14.1. The zero-order valence-corrected chi connectivity index (χ0v) is 31.1. The van der Waals surface area contributed by atoms with Crippen LogP contribution in [-0.4, -0.2) is 19.1 Å². The Morgan fingerprint density at radius 2 is 1.29 bits per heavy atom. The van der Waals surface area contributed by atoms with Crippen molar-refractivity contribution in [3.05, 3.63) is 101 Å².